The molecule has 4 N–H and O–H groups in total. The summed E-state index contributed by atoms with van der Waals surface area (Å²) < 4.78 is 26.4. The van der Waals surface area contributed by atoms with Crippen molar-refractivity contribution in [2.24, 2.45) is 16.9 Å². The smallest absolute Gasteiger partial charge is 0.182 e. The van der Waals surface area contributed by atoms with E-state index in [2.05, 4.69) is 6.92 Å². The highest BCUT2D eigenvalue weighted by molar-refractivity contribution is 7.92. The molecule has 1 aliphatic carbocycles. The molecule has 1 fully saturated rings. The van der Waals surface area contributed by atoms with Gasteiger partial charge in [-0.3, -0.25) is 0 Å². The van der Waals surface area contributed by atoms with Crippen LogP contribution in [0, 0.1) is 5.41 Å². The van der Waals surface area contributed by atoms with Crippen molar-refractivity contribution in [2.75, 3.05) is 13.1 Å². The molecule has 6 heteroatoms. The Balaban J connectivity index is 2.02. The van der Waals surface area contributed by atoms with E-state index in [1.807, 2.05) is 24.3 Å². The molecule has 1 saturated carbocycles. The first-order valence-electron chi connectivity index (χ1n) is 8.39. The van der Waals surface area contributed by atoms with Gasteiger partial charge >= 0.3 is 0 Å². The molecule has 0 unspecified atom stereocenters. The molecule has 0 aromatic heterocycles. The topological polar surface area (TPSA) is 86.2 Å². The van der Waals surface area contributed by atoms with E-state index in [0.29, 0.717) is 5.02 Å². The zero-order valence-corrected chi connectivity index (χ0v) is 15.7. The van der Waals surface area contributed by atoms with Crippen molar-refractivity contribution in [1.82, 2.24) is 0 Å². The zero-order chi connectivity index (χ0) is 18.2. The summed E-state index contributed by atoms with van der Waals surface area (Å²) >= 11 is 5.89. The predicted molar refractivity (Wildman–Crippen MR) is 102 cm³/mol. The molecule has 0 aliphatic heterocycles. The van der Waals surface area contributed by atoms with Gasteiger partial charge in [0.1, 0.15) is 0 Å². The Labute approximate surface area is 154 Å². The van der Waals surface area contributed by atoms with Gasteiger partial charge in [-0.15, -0.1) is 0 Å². The quantitative estimate of drug-likeness (QED) is 0.809. The lowest BCUT2D eigenvalue weighted by molar-refractivity contribution is 0.510. The van der Waals surface area contributed by atoms with Gasteiger partial charge in [0.25, 0.3) is 0 Å². The summed E-state index contributed by atoms with van der Waals surface area (Å²) in [6, 6.07) is 14.4. The first-order valence-corrected chi connectivity index (χ1v) is 10.3. The minimum atomic E-state index is -3.55. The van der Waals surface area contributed by atoms with E-state index < -0.39 is 20.5 Å². The van der Waals surface area contributed by atoms with Gasteiger partial charge in [-0.2, -0.15) is 0 Å². The van der Waals surface area contributed by atoms with E-state index in [0.717, 1.165) is 12.0 Å². The van der Waals surface area contributed by atoms with Crippen molar-refractivity contribution in [1.29, 1.82) is 0 Å². The lowest BCUT2D eigenvalue weighted by Crippen LogP contribution is -2.31. The van der Waals surface area contributed by atoms with Crippen LogP contribution in [0.15, 0.2) is 53.4 Å². The standard InChI is InChI=1S/C19H23ClN2O2S/c1-2-13-3-5-14(6-4-13)17-18(19(17,11-21)12-22)25(23,24)16-9-7-15(20)8-10-16/h3-10,17-18H,2,11-12,21-22H2,1H3/t17-,18+/m0/s1. The Morgan fingerprint density at radius 1 is 1.00 bits per heavy atom. The summed E-state index contributed by atoms with van der Waals surface area (Å²) in [6.45, 7) is 2.56. The SMILES string of the molecule is CCc1ccc([C@H]2[C@@H](S(=O)(=O)c3ccc(Cl)cc3)C2(CN)CN)cc1. The van der Waals surface area contributed by atoms with Crippen LogP contribution in [0.5, 0.6) is 0 Å². The maximum atomic E-state index is 13.2. The maximum Gasteiger partial charge on any atom is 0.182 e. The van der Waals surface area contributed by atoms with Crippen LogP contribution < -0.4 is 11.5 Å². The van der Waals surface area contributed by atoms with Crippen LogP contribution in [-0.2, 0) is 16.3 Å². The minimum Gasteiger partial charge on any atom is -0.330 e. The van der Waals surface area contributed by atoms with Crippen LogP contribution in [-0.4, -0.2) is 26.8 Å². The van der Waals surface area contributed by atoms with Crippen molar-refractivity contribution >= 4 is 21.4 Å². The molecule has 0 heterocycles. The molecule has 0 radical (unpaired) electrons. The lowest BCUT2D eigenvalue weighted by Gasteiger charge is -2.13. The number of aryl methyl sites for hydroxylation is 1. The van der Waals surface area contributed by atoms with Crippen LogP contribution in [0.2, 0.25) is 5.02 Å². The number of sulfone groups is 1. The lowest BCUT2D eigenvalue weighted by atomic mass is 9.98. The Morgan fingerprint density at radius 3 is 2.04 bits per heavy atom. The zero-order valence-electron chi connectivity index (χ0n) is 14.2. The first kappa shape index (κ1) is 18.4. The maximum absolute atomic E-state index is 13.2. The third-order valence-electron chi connectivity index (χ3n) is 5.36. The Bertz CT molecular complexity index is 844. The van der Waals surface area contributed by atoms with Crippen LogP contribution in [0.1, 0.15) is 24.0 Å². The number of hydrogen-bond acceptors (Lipinski definition) is 4. The fourth-order valence-electron chi connectivity index (χ4n) is 3.75. The molecule has 25 heavy (non-hydrogen) atoms. The van der Waals surface area contributed by atoms with E-state index in [1.54, 1.807) is 24.3 Å². The molecule has 134 valence electrons. The third kappa shape index (κ3) is 2.99. The summed E-state index contributed by atoms with van der Waals surface area (Å²) in [6.07, 6.45) is 0.941. The molecule has 1 aliphatic rings. The number of benzene rings is 2. The predicted octanol–water partition coefficient (Wildman–Crippen LogP) is 2.75. The fourth-order valence-corrected chi connectivity index (χ4v) is 6.35. The third-order valence-corrected chi connectivity index (χ3v) is 7.95. The number of nitrogens with two attached hydrogens (primary N) is 2. The highest BCUT2D eigenvalue weighted by Gasteiger charge is 2.69. The van der Waals surface area contributed by atoms with Gasteiger partial charge in [0.15, 0.2) is 9.84 Å². The molecule has 3 rings (SSSR count). The second-order valence-electron chi connectivity index (χ2n) is 6.63. The number of halogens is 1. The molecule has 2 aromatic carbocycles. The number of hydrogen-bond donors (Lipinski definition) is 2. The monoisotopic (exact) mass is 378 g/mol. The van der Waals surface area contributed by atoms with Crippen LogP contribution in [0.3, 0.4) is 0 Å². The molecule has 0 spiro atoms. The van der Waals surface area contributed by atoms with Gasteiger partial charge < -0.3 is 11.5 Å². The highest BCUT2D eigenvalue weighted by atomic mass is 35.5. The molecular formula is C19H23ClN2O2S. The molecule has 4 nitrogen and oxygen atoms in total. The summed E-state index contributed by atoms with van der Waals surface area (Å²) in [7, 11) is -3.55. The van der Waals surface area contributed by atoms with E-state index >= 15 is 0 Å². The van der Waals surface area contributed by atoms with E-state index in [9.17, 15) is 8.42 Å². The second kappa shape index (κ2) is 6.72. The fraction of sp³-hybridized carbons (Fsp3) is 0.368. The average Bonchev–Trinajstić information content (AvgIpc) is 3.33. The summed E-state index contributed by atoms with van der Waals surface area (Å²) in [5.41, 5.74) is 13.6. The Morgan fingerprint density at radius 2 is 1.56 bits per heavy atom. The molecule has 2 aromatic rings. The molecular weight excluding hydrogens is 356 g/mol. The highest BCUT2D eigenvalue weighted by Crippen LogP contribution is 2.62. The van der Waals surface area contributed by atoms with Gasteiger partial charge in [-0.1, -0.05) is 42.8 Å². The summed E-state index contributed by atoms with van der Waals surface area (Å²) in [5.74, 6) is -0.186. The summed E-state index contributed by atoms with van der Waals surface area (Å²) in [4.78, 5) is 0.265. The van der Waals surface area contributed by atoms with Crippen molar-refractivity contribution < 1.29 is 8.42 Å². The van der Waals surface area contributed by atoms with E-state index in [-0.39, 0.29) is 23.9 Å². The largest absolute Gasteiger partial charge is 0.330 e. The second-order valence-corrected chi connectivity index (χ2v) is 9.14. The van der Waals surface area contributed by atoms with E-state index in [1.165, 1.54) is 5.56 Å². The molecule has 2 atom stereocenters. The normalized spacial score (nSPS) is 21.9. The van der Waals surface area contributed by atoms with Crippen LogP contribution in [0.25, 0.3) is 0 Å². The average molecular weight is 379 g/mol. The first-order chi connectivity index (χ1) is 11.9. The van der Waals surface area contributed by atoms with E-state index in [4.69, 9.17) is 23.1 Å². The Hall–Kier alpha value is -1.40. The van der Waals surface area contributed by atoms with Gasteiger partial charge in [0.2, 0.25) is 0 Å². The van der Waals surface area contributed by atoms with Crippen molar-refractivity contribution in [3.05, 3.63) is 64.7 Å². The Kier molecular flexibility index (Phi) is 4.95. The van der Waals surface area contributed by atoms with Gasteiger partial charge in [0, 0.05) is 29.4 Å². The molecule has 0 bridgehead atoms. The van der Waals surface area contributed by atoms with Crippen LogP contribution in [0.4, 0.5) is 0 Å². The van der Waals surface area contributed by atoms with Gasteiger partial charge in [-0.25, -0.2) is 8.42 Å². The molecule has 0 saturated heterocycles. The minimum absolute atomic E-state index is 0.186. The van der Waals surface area contributed by atoms with Crippen molar-refractivity contribution in [3.63, 3.8) is 0 Å². The number of rotatable bonds is 6. The summed E-state index contributed by atoms with van der Waals surface area (Å²) in [5, 5.41) is -0.103. The molecule has 0 amide bonds. The van der Waals surface area contributed by atoms with Crippen LogP contribution >= 0.6 is 11.6 Å². The van der Waals surface area contributed by atoms with Gasteiger partial charge in [0.05, 0.1) is 10.1 Å². The van der Waals surface area contributed by atoms with Crippen molar-refractivity contribution in [3.8, 4) is 0 Å². The van der Waals surface area contributed by atoms with Crippen molar-refractivity contribution in [2.45, 2.75) is 29.4 Å². The van der Waals surface area contributed by atoms with Gasteiger partial charge in [-0.05, 0) is 41.8 Å².